The molecule has 2 N–H and O–H groups in total. The Kier molecular flexibility index (Phi) is 2.34. The Labute approximate surface area is 90.5 Å². The predicted molar refractivity (Wildman–Crippen MR) is 60.2 cm³/mol. The summed E-state index contributed by atoms with van der Waals surface area (Å²) < 4.78 is 13.3. The molecule has 2 unspecified atom stereocenters. The number of hydrogen-bond acceptors (Lipinski definition) is 1. The summed E-state index contributed by atoms with van der Waals surface area (Å²) in [6.07, 6.45) is 0. The molecule has 0 heterocycles. The van der Waals surface area contributed by atoms with Gasteiger partial charge in [-0.25, -0.2) is 4.39 Å². The Bertz CT molecular complexity index is 364. The average Bonchev–Trinajstić information content (AvgIpc) is 2.66. The summed E-state index contributed by atoms with van der Waals surface area (Å²) in [7, 11) is 0. The topological polar surface area (TPSA) is 26.0 Å². The molecule has 2 atom stereocenters. The lowest BCUT2D eigenvalue weighted by Crippen LogP contribution is -2.05. The van der Waals surface area contributed by atoms with Crippen molar-refractivity contribution in [1.29, 1.82) is 0 Å². The van der Waals surface area contributed by atoms with Crippen LogP contribution in [0.3, 0.4) is 0 Å². The summed E-state index contributed by atoms with van der Waals surface area (Å²) in [5.41, 5.74) is 8.04. The average molecular weight is 207 g/mol. The predicted octanol–water partition coefficient (Wildman–Crippen LogP) is 2.83. The molecular formula is C13H18FN. The molecule has 0 saturated heterocycles. The van der Waals surface area contributed by atoms with E-state index in [0.29, 0.717) is 18.4 Å². The first-order valence-corrected chi connectivity index (χ1v) is 5.44. The van der Waals surface area contributed by atoms with Crippen LogP contribution in [0.5, 0.6) is 0 Å². The lowest BCUT2D eigenvalue weighted by molar-refractivity contribution is 0.558. The van der Waals surface area contributed by atoms with E-state index in [1.807, 2.05) is 6.92 Å². The molecule has 1 saturated carbocycles. The zero-order valence-electron chi connectivity index (χ0n) is 9.55. The fourth-order valence-corrected chi connectivity index (χ4v) is 2.79. The summed E-state index contributed by atoms with van der Waals surface area (Å²) in [5.74, 6) is 0.791. The third kappa shape index (κ3) is 1.67. The number of aryl methyl sites for hydroxylation is 1. The largest absolute Gasteiger partial charge is 0.330 e. The van der Waals surface area contributed by atoms with Gasteiger partial charge in [0.1, 0.15) is 5.82 Å². The van der Waals surface area contributed by atoms with Gasteiger partial charge in [-0.2, -0.15) is 0 Å². The van der Waals surface area contributed by atoms with E-state index in [2.05, 4.69) is 19.9 Å². The molecule has 1 aromatic carbocycles. The molecule has 15 heavy (non-hydrogen) atoms. The molecule has 2 rings (SSSR count). The molecule has 0 aromatic heterocycles. The van der Waals surface area contributed by atoms with E-state index in [9.17, 15) is 4.39 Å². The summed E-state index contributed by atoms with van der Waals surface area (Å²) in [4.78, 5) is 0. The standard InChI is InChI=1S/C13H18FN/c1-8-4-9(6-10(14)5-8)12-11(7-15)13(12,2)3/h4-6,11-12H,7,15H2,1-3H3. The minimum absolute atomic E-state index is 0.136. The van der Waals surface area contributed by atoms with Gasteiger partial charge in [-0.3, -0.25) is 0 Å². The van der Waals surface area contributed by atoms with Crippen LogP contribution in [0, 0.1) is 24.1 Å². The van der Waals surface area contributed by atoms with E-state index in [1.54, 1.807) is 12.1 Å². The van der Waals surface area contributed by atoms with Crippen molar-refractivity contribution < 1.29 is 4.39 Å². The summed E-state index contributed by atoms with van der Waals surface area (Å²) in [6, 6.07) is 5.29. The van der Waals surface area contributed by atoms with Crippen molar-refractivity contribution in [2.45, 2.75) is 26.7 Å². The lowest BCUT2D eigenvalue weighted by Gasteiger charge is -2.04. The maximum absolute atomic E-state index is 13.3. The van der Waals surface area contributed by atoms with Crippen LogP contribution in [0.2, 0.25) is 0 Å². The molecule has 1 aromatic rings. The number of hydrogen-bond donors (Lipinski definition) is 1. The van der Waals surface area contributed by atoms with Crippen LogP contribution in [0.15, 0.2) is 18.2 Å². The smallest absolute Gasteiger partial charge is 0.123 e. The fraction of sp³-hybridized carbons (Fsp3) is 0.538. The van der Waals surface area contributed by atoms with Crippen LogP contribution < -0.4 is 5.73 Å². The monoisotopic (exact) mass is 207 g/mol. The zero-order valence-corrected chi connectivity index (χ0v) is 9.55. The highest BCUT2D eigenvalue weighted by Crippen LogP contribution is 2.63. The van der Waals surface area contributed by atoms with E-state index in [0.717, 1.165) is 11.1 Å². The highest BCUT2D eigenvalue weighted by molar-refractivity contribution is 5.35. The Hall–Kier alpha value is -0.890. The molecule has 1 aliphatic rings. The molecule has 1 nitrogen and oxygen atoms in total. The second-order valence-electron chi connectivity index (χ2n) is 5.20. The molecule has 0 spiro atoms. The quantitative estimate of drug-likeness (QED) is 0.793. The number of halogens is 1. The van der Waals surface area contributed by atoms with Gasteiger partial charge in [0.15, 0.2) is 0 Å². The van der Waals surface area contributed by atoms with E-state index >= 15 is 0 Å². The first-order chi connectivity index (χ1) is 6.96. The molecule has 1 aliphatic carbocycles. The molecule has 82 valence electrons. The van der Waals surface area contributed by atoms with Crippen LogP contribution in [0.4, 0.5) is 4.39 Å². The van der Waals surface area contributed by atoms with Crippen molar-refractivity contribution in [3.63, 3.8) is 0 Å². The van der Waals surface area contributed by atoms with Crippen molar-refractivity contribution in [3.05, 3.63) is 35.1 Å². The van der Waals surface area contributed by atoms with Crippen LogP contribution >= 0.6 is 0 Å². The molecule has 0 radical (unpaired) electrons. The van der Waals surface area contributed by atoms with Crippen LogP contribution in [-0.4, -0.2) is 6.54 Å². The van der Waals surface area contributed by atoms with Crippen molar-refractivity contribution in [2.75, 3.05) is 6.54 Å². The van der Waals surface area contributed by atoms with Crippen molar-refractivity contribution in [3.8, 4) is 0 Å². The first-order valence-electron chi connectivity index (χ1n) is 5.44. The van der Waals surface area contributed by atoms with Crippen LogP contribution in [-0.2, 0) is 0 Å². The SMILES string of the molecule is Cc1cc(F)cc(C2C(CN)C2(C)C)c1. The normalized spacial score (nSPS) is 27.8. The van der Waals surface area contributed by atoms with Gasteiger partial charge in [-0.15, -0.1) is 0 Å². The van der Waals surface area contributed by atoms with Gasteiger partial charge in [-0.1, -0.05) is 19.9 Å². The molecule has 2 heteroatoms. The highest BCUT2D eigenvalue weighted by atomic mass is 19.1. The molecule has 1 fully saturated rings. The number of benzene rings is 1. The lowest BCUT2D eigenvalue weighted by atomic mass is 10.0. The Morgan fingerprint density at radius 1 is 1.33 bits per heavy atom. The van der Waals surface area contributed by atoms with Gasteiger partial charge in [-0.05, 0) is 54.0 Å². The Morgan fingerprint density at radius 3 is 2.47 bits per heavy atom. The van der Waals surface area contributed by atoms with Gasteiger partial charge in [0, 0.05) is 0 Å². The maximum Gasteiger partial charge on any atom is 0.123 e. The summed E-state index contributed by atoms with van der Waals surface area (Å²) >= 11 is 0. The van der Waals surface area contributed by atoms with E-state index in [1.165, 1.54) is 0 Å². The summed E-state index contributed by atoms with van der Waals surface area (Å²) in [6.45, 7) is 7.03. The van der Waals surface area contributed by atoms with Crippen molar-refractivity contribution >= 4 is 0 Å². The van der Waals surface area contributed by atoms with E-state index < -0.39 is 0 Å². The van der Waals surface area contributed by atoms with Crippen molar-refractivity contribution in [1.82, 2.24) is 0 Å². The molecule has 0 bridgehead atoms. The van der Waals surface area contributed by atoms with E-state index in [4.69, 9.17) is 5.73 Å². The molecule has 0 aliphatic heterocycles. The summed E-state index contributed by atoms with van der Waals surface area (Å²) in [5, 5.41) is 0. The van der Waals surface area contributed by atoms with Gasteiger partial charge < -0.3 is 5.73 Å². The fourth-order valence-electron chi connectivity index (χ4n) is 2.79. The van der Waals surface area contributed by atoms with Gasteiger partial charge >= 0.3 is 0 Å². The van der Waals surface area contributed by atoms with Gasteiger partial charge in [0.05, 0.1) is 0 Å². The third-order valence-corrected chi connectivity index (χ3v) is 3.73. The first kappa shape index (κ1) is 10.6. The minimum Gasteiger partial charge on any atom is -0.330 e. The molecular weight excluding hydrogens is 189 g/mol. The highest BCUT2D eigenvalue weighted by Gasteiger charge is 2.57. The maximum atomic E-state index is 13.3. The Morgan fingerprint density at radius 2 is 2.00 bits per heavy atom. The minimum atomic E-state index is -0.136. The van der Waals surface area contributed by atoms with E-state index in [-0.39, 0.29) is 11.2 Å². The number of rotatable bonds is 2. The second kappa shape index (κ2) is 3.31. The Balaban J connectivity index is 2.32. The second-order valence-corrected chi connectivity index (χ2v) is 5.20. The van der Waals surface area contributed by atoms with Crippen LogP contribution in [0.25, 0.3) is 0 Å². The van der Waals surface area contributed by atoms with Gasteiger partial charge in [0.25, 0.3) is 0 Å². The van der Waals surface area contributed by atoms with Gasteiger partial charge in [0.2, 0.25) is 0 Å². The zero-order chi connectivity index (χ0) is 11.2. The molecule has 0 amide bonds. The number of nitrogens with two attached hydrogens (primary N) is 1. The van der Waals surface area contributed by atoms with Crippen LogP contribution in [0.1, 0.15) is 30.9 Å². The van der Waals surface area contributed by atoms with Crippen molar-refractivity contribution in [2.24, 2.45) is 17.1 Å². The third-order valence-electron chi connectivity index (χ3n) is 3.73.